The summed E-state index contributed by atoms with van der Waals surface area (Å²) in [6, 6.07) is 11.6. The fraction of sp³-hybridized carbons (Fsp3) is 0.263. The monoisotopic (exact) mass is 355 g/mol. The Morgan fingerprint density at radius 1 is 1.23 bits per heavy atom. The fourth-order valence-electron chi connectivity index (χ4n) is 2.79. The molecule has 0 aliphatic heterocycles. The molecule has 7 heteroatoms. The van der Waals surface area contributed by atoms with E-state index in [4.69, 9.17) is 4.74 Å². The first-order chi connectivity index (χ1) is 12.5. The van der Waals surface area contributed by atoms with Crippen LogP contribution >= 0.6 is 0 Å². The van der Waals surface area contributed by atoms with Gasteiger partial charge < -0.3 is 4.74 Å². The first-order valence-electron chi connectivity index (χ1n) is 8.17. The number of halogens is 1. The molecule has 0 N–H and O–H groups in total. The highest BCUT2D eigenvalue weighted by atomic mass is 19.1. The topological polar surface area (TPSA) is 74.1 Å². The van der Waals surface area contributed by atoms with E-state index in [0.29, 0.717) is 0 Å². The first kappa shape index (κ1) is 17.7. The Hall–Kier alpha value is -3.09. The molecule has 0 saturated carbocycles. The van der Waals surface area contributed by atoms with Gasteiger partial charge in [0.2, 0.25) is 0 Å². The van der Waals surface area contributed by atoms with Gasteiger partial charge in [0.15, 0.2) is 11.6 Å². The van der Waals surface area contributed by atoms with Gasteiger partial charge in [0.05, 0.1) is 12.5 Å². The van der Waals surface area contributed by atoms with Crippen molar-refractivity contribution < 1.29 is 13.9 Å². The molecule has 0 radical (unpaired) electrons. The molecule has 3 rings (SSSR count). The smallest absolute Gasteiger partial charge is 0.278 e. The number of hydrogen-bond acceptors (Lipinski definition) is 5. The van der Waals surface area contributed by atoms with E-state index in [2.05, 4.69) is 10.3 Å². The Kier molecular flexibility index (Phi) is 5.06. The number of benzene rings is 2. The van der Waals surface area contributed by atoms with Crippen molar-refractivity contribution >= 4 is 16.7 Å². The molecule has 0 fully saturated rings. The highest BCUT2D eigenvalue weighted by Crippen LogP contribution is 2.22. The minimum absolute atomic E-state index is 0.0185. The van der Waals surface area contributed by atoms with Gasteiger partial charge in [-0.1, -0.05) is 30.3 Å². The molecule has 0 aliphatic carbocycles. The number of ketones is 1. The van der Waals surface area contributed by atoms with Crippen LogP contribution < -0.4 is 10.3 Å². The molecule has 0 bridgehead atoms. The van der Waals surface area contributed by atoms with Crippen molar-refractivity contribution in [2.45, 2.75) is 25.8 Å². The van der Waals surface area contributed by atoms with E-state index in [1.807, 2.05) is 31.2 Å². The number of carbonyl (C=O) groups is 1. The number of methoxy groups -OCH3 is 1. The Bertz CT molecular complexity index is 999. The van der Waals surface area contributed by atoms with Crippen molar-refractivity contribution in [2.24, 2.45) is 0 Å². The van der Waals surface area contributed by atoms with Crippen molar-refractivity contribution in [2.75, 3.05) is 7.11 Å². The lowest BCUT2D eigenvalue weighted by atomic mass is 9.95. The van der Waals surface area contributed by atoms with Crippen LogP contribution in [0.1, 0.15) is 24.8 Å². The third-order valence-corrected chi connectivity index (χ3v) is 4.25. The van der Waals surface area contributed by atoms with Gasteiger partial charge in [0.1, 0.15) is 17.8 Å². The van der Waals surface area contributed by atoms with Crippen LogP contribution in [-0.2, 0) is 11.3 Å². The van der Waals surface area contributed by atoms with Crippen molar-refractivity contribution in [3.8, 4) is 5.75 Å². The van der Waals surface area contributed by atoms with Crippen LogP contribution in [0.5, 0.6) is 5.75 Å². The van der Waals surface area contributed by atoms with Gasteiger partial charge in [-0.05, 0) is 35.7 Å². The van der Waals surface area contributed by atoms with Crippen LogP contribution in [0.15, 0.2) is 47.3 Å². The van der Waals surface area contributed by atoms with Gasteiger partial charge in [-0.2, -0.15) is 0 Å². The predicted octanol–water partition coefficient (Wildman–Crippen LogP) is 2.70. The number of rotatable bonds is 6. The Morgan fingerprint density at radius 2 is 1.96 bits per heavy atom. The molecule has 0 aliphatic rings. The summed E-state index contributed by atoms with van der Waals surface area (Å²) in [5.74, 6) is -0.0355. The molecule has 0 saturated heterocycles. The van der Waals surface area contributed by atoms with Gasteiger partial charge in [0.25, 0.3) is 5.56 Å². The fourth-order valence-corrected chi connectivity index (χ4v) is 2.79. The summed E-state index contributed by atoms with van der Waals surface area (Å²) in [7, 11) is 1.59. The average Bonchev–Trinajstić information content (AvgIpc) is 2.64. The normalized spacial score (nSPS) is 12.1. The van der Waals surface area contributed by atoms with Crippen molar-refractivity contribution in [1.82, 2.24) is 15.0 Å². The molecule has 134 valence electrons. The second kappa shape index (κ2) is 7.43. The number of ether oxygens (including phenoxy) is 1. The van der Waals surface area contributed by atoms with Crippen molar-refractivity contribution in [3.63, 3.8) is 0 Å². The largest absolute Gasteiger partial charge is 0.497 e. The van der Waals surface area contributed by atoms with Crippen LogP contribution in [0, 0.1) is 5.82 Å². The van der Waals surface area contributed by atoms with E-state index in [9.17, 15) is 14.0 Å². The summed E-state index contributed by atoms with van der Waals surface area (Å²) < 4.78 is 19.7. The number of Topliss-reactive ketones (excluding diaryl/α,β-unsaturated/α-hetero) is 1. The zero-order valence-corrected chi connectivity index (χ0v) is 14.5. The summed E-state index contributed by atoms with van der Waals surface area (Å²) in [6.07, 6.45) is 0.252. The van der Waals surface area contributed by atoms with Crippen molar-refractivity contribution in [1.29, 1.82) is 0 Å². The SMILES string of the molecule is COc1ccc([C@H](C)CC(=O)Cn2nnc3c(F)cccc3c2=O)cc1. The lowest BCUT2D eigenvalue weighted by Gasteiger charge is -2.12. The maximum atomic E-state index is 13.6. The third kappa shape index (κ3) is 3.61. The number of aromatic nitrogens is 3. The second-order valence-electron chi connectivity index (χ2n) is 6.11. The standard InChI is InChI=1S/C19H18FN3O3/c1-12(13-6-8-15(26-2)9-7-13)10-14(24)11-23-19(25)16-4-3-5-17(20)18(16)21-22-23/h3-9,12H,10-11H2,1-2H3/t12-/m1/s1. The van der Waals surface area contributed by atoms with Gasteiger partial charge in [-0.25, -0.2) is 9.07 Å². The maximum Gasteiger partial charge on any atom is 0.278 e. The van der Waals surface area contributed by atoms with E-state index in [0.717, 1.165) is 16.0 Å². The lowest BCUT2D eigenvalue weighted by molar-refractivity contribution is -0.120. The highest BCUT2D eigenvalue weighted by Gasteiger charge is 2.15. The summed E-state index contributed by atoms with van der Waals surface area (Å²) in [5, 5.41) is 7.52. The van der Waals surface area contributed by atoms with E-state index in [1.54, 1.807) is 7.11 Å². The third-order valence-electron chi connectivity index (χ3n) is 4.25. The summed E-state index contributed by atoms with van der Waals surface area (Å²) in [4.78, 5) is 24.7. The zero-order chi connectivity index (χ0) is 18.7. The van der Waals surface area contributed by atoms with E-state index in [-0.39, 0.29) is 35.6 Å². The minimum atomic E-state index is -0.612. The quantitative estimate of drug-likeness (QED) is 0.680. The summed E-state index contributed by atoms with van der Waals surface area (Å²) in [5.41, 5.74) is 0.380. The molecular formula is C19H18FN3O3. The molecule has 0 amide bonds. The van der Waals surface area contributed by atoms with Crippen LogP contribution in [0.25, 0.3) is 10.9 Å². The number of carbonyl (C=O) groups excluding carboxylic acids is 1. The Morgan fingerprint density at radius 3 is 2.65 bits per heavy atom. The van der Waals surface area contributed by atoms with Crippen LogP contribution in [-0.4, -0.2) is 27.9 Å². The predicted molar refractivity (Wildman–Crippen MR) is 94.8 cm³/mol. The number of fused-ring (bicyclic) bond motifs is 1. The minimum Gasteiger partial charge on any atom is -0.497 e. The summed E-state index contributed by atoms with van der Waals surface area (Å²) in [6.45, 7) is 1.74. The molecule has 2 aromatic carbocycles. The highest BCUT2D eigenvalue weighted by molar-refractivity contribution is 5.80. The maximum absolute atomic E-state index is 13.6. The Labute approximate surface area is 149 Å². The van der Waals surface area contributed by atoms with Gasteiger partial charge in [-0.15, -0.1) is 5.10 Å². The van der Waals surface area contributed by atoms with E-state index < -0.39 is 11.4 Å². The summed E-state index contributed by atoms with van der Waals surface area (Å²) >= 11 is 0. The molecule has 1 aromatic heterocycles. The van der Waals surface area contributed by atoms with Gasteiger partial charge in [0, 0.05) is 6.42 Å². The van der Waals surface area contributed by atoms with Crippen molar-refractivity contribution in [3.05, 3.63) is 64.2 Å². The molecule has 1 heterocycles. The molecule has 3 aromatic rings. The van der Waals surface area contributed by atoms with E-state index in [1.165, 1.54) is 18.2 Å². The molecule has 1 atom stereocenters. The van der Waals surface area contributed by atoms with E-state index >= 15 is 0 Å². The molecular weight excluding hydrogens is 337 g/mol. The first-order valence-corrected chi connectivity index (χ1v) is 8.17. The van der Waals surface area contributed by atoms with Crippen LogP contribution in [0.3, 0.4) is 0 Å². The lowest BCUT2D eigenvalue weighted by Crippen LogP contribution is -2.28. The molecule has 26 heavy (non-hydrogen) atoms. The van der Waals surface area contributed by atoms with Gasteiger partial charge in [-0.3, -0.25) is 9.59 Å². The molecule has 0 unspecified atom stereocenters. The molecule has 0 spiro atoms. The number of nitrogens with zero attached hydrogens (tertiary/aromatic N) is 3. The molecule has 6 nitrogen and oxygen atoms in total. The second-order valence-corrected chi connectivity index (χ2v) is 6.11. The zero-order valence-electron chi connectivity index (χ0n) is 14.5. The Balaban J connectivity index is 1.74. The average molecular weight is 355 g/mol. The van der Waals surface area contributed by atoms with Crippen LogP contribution in [0.2, 0.25) is 0 Å². The van der Waals surface area contributed by atoms with Crippen LogP contribution in [0.4, 0.5) is 4.39 Å². The number of hydrogen-bond donors (Lipinski definition) is 0. The van der Waals surface area contributed by atoms with Gasteiger partial charge >= 0.3 is 0 Å².